The predicted octanol–water partition coefficient (Wildman–Crippen LogP) is 11.4. The number of benzene rings is 4. The molecule has 2 nitrogen and oxygen atoms in total. The minimum Gasteiger partial charge on any atom is -0.457 e. The first-order valence-electron chi connectivity index (χ1n) is 17.6. The number of anilines is 3. The standard InChI is InChI=1S/C43H45NO/c1-40(2)18-19-41(3,4)35-23-30(14-16-32(35)40)44(29-10-6-5-7-11-29)31-15-17-34-37(24-31)45-36-13-9-8-12-33(36)43(34)38-21-27-20-28-22-39(43)42(38,25-27)26-28/h5-17,23-24,27-28,38-39H,18-22,25-26H2,1-4H3. The van der Waals surface area contributed by atoms with E-state index >= 15 is 0 Å². The molecule has 4 unspecified atom stereocenters. The summed E-state index contributed by atoms with van der Waals surface area (Å²) >= 11 is 0. The van der Waals surface area contributed by atoms with Gasteiger partial charge in [0.1, 0.15) is 11.5 Å². The lowest BCUT2D eigenvalue weighted by Gasteiger charge is -2.66. The van der Waals surface area contributed by atoms with Crippen molar-refractivity contribution in [2.75, 3.05) is 4.90 Å². The summed E-state index contributed by atoms with van der Waals surface area (Å²) in [4.78, 5) is 2.46. The lowest BCUT2D eigenvalue weighted by Crippen LogP contribution is -2.64. The van der Waals surface area contributed by atoms with Crippen LogP contribution in [0.3, 0.4) is 0 Å². The molecule has 0 radical (unpaired) electrons. The van der Waals surface area contributed by atoms with E-state index in [0.717, 1.165) is 35.2 Å². The van der Waals surface area contributed by atoms with E-state index < -0.39 is 0 Å². The molecule has 4 aromatic carbocycles. The molecule has 228 valence electrons. The molecule has 4 aromatic rings. The van der Waals surface area contributed by atoms with Gasteiger partial charge in [0.05, 0.1) is 0 Å². The fourth-order valence-corrected chi connectivity index (χ4v) is 12.3. The van der Waals surface area contributed by atoms with Gasteiger partial charge in [-0.3, -0.25) is 0 Å². The molecule has 4 saturated carbocycles. The van der Waals surface area contributed by atoms with Crippen LogP contribution in [0.5, 0.6) is 11.5 Å². The second-order valence-electron chi connectivity index (χ2n) is 17.0. The van der Waals surface area contributed by atoms with Crippen LogP contribution in [0, 0.1) is 29.1 Å². The van der Waals surface area contributed by atoms with Crippen molar-refractivity contribution < 1.29 is 4.74 Å². The molecule has 2 spiro atoms. The SMILES string of the molecule is CC1(C)CCC(C)(C)c2cc(N(c3ccccc3)c3ccc4c(c3)Oc3ccccc3C43C4CC5CC6CC3C4(C5)C6)ccc21. The fourth-order valence-electron chi connectivity index (χ4n) is 12.3. The Labute approximate surface area is 268 Å². The van der Waals surface area contributed by atoms with Gasteiger partial charge in [-0.25, -0.2) is 0 Å². The molecule has 2 heteroatoms. The smallest absolute Gasteiger partial charge is 0.133 e. The number of fused-ring (bicyclic) bond motifs is 9. The van der Waals surface area contributed by atoms with Crippen LogP contribution in [0.1, 0.15) is 94.9 Å². The number of hydrogen-bond acceptors (Lipinski definition) is 2. The summed E-state index contributed by atoms with van der Waals surface area (Å²) in [6.45, 7) is 9.68. The van der Waals surface area contributed by atoms with Crippen molar-refractivity contribution in [1.82, 2.24) is 0 Å². The Morgan fingerprint density at radius 3 is 1.89 bits per heavy atom. The van der Waals surface area contributed by atoms with E-state index in [9.17, 15) is 0 Å². The first-order chi connectivity index (χ1) is 21.7. The van der Waals surface area contributed by atoms with E-state index in [2.05, 4.69) is 124 Å². The molecule has 0 saturated heterocycles. The van der Waals surface area contributed by atoms with Crippen LogP contribution < -0.4 is 9.64 Å². The van der Waals surface area contributed by atoms with Gasteiger partial charge in [-0.1, -0.05) is 76.2 Å². The van der Waals surface area contributed by atoms with E-state index in [4.69, 9.17) is 4.74 Å². The Kier molecular flexibility index (Phi) is 5.12. The molecule has 1 aliphatic heterocycles. The summed E-state index contributed by atoms with van der Waals surface area (Å²) in [6, 6.07) is 34.5. The lowest BCUT2D eigenvalue weighted by atomic mass is 9.37. The molecule has 0 amide bonds. The first kappa shape index (κ1) is 26.7. The Morgan fingerprint density at radius 2 is 1.16 bits per heavy atom. The summed E-state index contributed by atoms with van der Waals surface area (Å²) < 4.78 is 6.93. The van der Waals surface area contributed by atoms with E-state index in [0.29, 0.717) is 5.41 Å². The maximum Gasteiger partial charge on any atom is 0.133 e. The van der Waals surface area contributed by atoms with Crippen molar-refractivity contribution >= 4 is 17.1 Å². The summed E-state index contributed by atoms with van der Waals surface area (Å²) in [5.41, 5.74) is 10.5. The van der Waals surface area contributed by atoms with Crippen LogP contribution in [-0.2, 0) is 16.2 Å². The van der Waals surface area contributed by atoms with Crippen molar-refractivity contribution in [1.29, 1.82) is 0 Å². The topological polar surface area (TPSA) is 12.5 Å². The quantitative estimate of drug-likeness (QED) is 0.235. The van der Waals surface area contributed by atoms with E-state index in [-0.39, 0.29) is 16.2 Å². The Bertz CT molecular complexity index is 1840. The maximum absolute atomic E-state index is 6.93. The molecule has 4 fully saturated rings. The molecule has 4 atom stereocenters. The summed E-state index contributed by atoms with van der Waals surface area (Å²) in [6.07, 6.45) is 9.68. The minimum atomic E-state index is 0.103. The first-order valence-corrected chi connectivity index (χ1v) is 17.6. The molecule has 10 rings (SSSR count). The van der Waals surface area contributed by atoms with Crippen molar-refractivity contribution in [2.45, 2.75) is 88.9 Å². The zero-order valence-electron chi connectivity index (χ0n) is 27.3. The van der Waals surface area contributed by atoms with Gasteiger partial charge >= 0.3 is 0 Å². The molecule has 5 aliphatic carbocycles. The zero-order chi connectivity index (χ0) is 30.3. The summed E-state index contributed by atoms with van der Waals surface area (Å²) in [5.74, 6) is 5.53. The average Bonchev–Trinajstić information content (AvgIpc) is 3.43. The average molecular weight is 592 g/mol. The van der Waals surface area contributed by atoms with Gasteiger partial charge in [0.15, 0.2) is 0 Å². The van der Waals surface area contributed by atoms with Crippen molar-refractivity contribution in [3.63, 3.8) is 0 Å². The van der Waals surface area contributed by atoms with Crippen LogP contribution >= 0.6 is 0 Å². The lowest BCUT2D eigenvalue weighted by molar-refractivity contribution is -0.0882. The fraction of sp³-hybridized carbons (Fsp3) is 0.442. The second kappa shape index (κ2) is 8.64. The van der Waals surface area contributed by atoms with Crippen LogP contribution in [0.2, 0.25) is 0 Å². The third-order valence-corrected chi connectivity index (χ3v) is 14.0. The van der Waals surface area contributed by atoms with Gasteiger partial charge < -0.3 is 9.64 Å². The van der Waals surface area contributed by atoms with Crippen molar-refractivity contribution in [3.8, 4) is 11.5 Å². The molecule has 1 heterocycles. The normalized spacial score (nSPS) is 33.4. The summed E-state index contributed by atoms with van der Waals surface area (Å²) in [7, 11) is 0. The minimum absolute atomic E-state index is 0.103. The van der Waals surface area contributed by atoms with Crippen molar-refractivity contribution in [2.24, 2.45) is 29.1 Å². The highest BCUT2D eigenvalue weighted by Gasteiger charge is 2.79. The summed E-state index contributed by atoms with van der Waals surface area (Å²) in [5, 5.41) is 0. The molecular formula is C43H45NO. The molecule has 3 bridgehead atoms. The van der Waals surface area contributed by atoms with Gasteiger partial charge in [-0.2, -0.15) is 0 Å². The number of hydrogen-bond donors (Lipinski definition) is 0. The van der Waals surface area contributed by atoms with E-state index in [1.54, 1.807) is 0 Å². The zero-order valence-corrected chi connectivity index (χ0v) is 27.3. The number of para-hydroxylation sites is 2. The Balaban J connectivity index is 1.15. The van der Waals surface area contributed by atoms with Crippen LogP contribution in [0.25, 0.3) is 0 Å². The van der Waals surface area contributed by atoms with E-state index in [1.807, 2.05) is 0 Å². The number of nitrogens with zero attached hydrogens (tertiary/aromatic N) is 1. The Morgan fingerprint density at radius 1 is 0.556 bits per heavy atom. The molecule has 45 heavy (non-hydrogen) atoms. The highest BCUT2D eigenvalue weighted by Crippen LogP contribution is 2.84. The van der Waals surface area contributed by atoms with Gasteiger partial charge in [0.2, 0.25) is 0 Å². The second-order valence-corrected chi connectivity index (χ2v) is 17.0. The highest BCUT2D eigenvalue weighted by molar-refractivity contribution is 5.79. The van der Waals surface area contributed by atoms with E-state index in [1.165, 1.54) is 84.3 Å². The van der Waals surface area contributed by atoms with Crippen LogP contribution in [0.4, 0.5) is 17.1 Å². The van der Waals surface area contributed by atoms with Gasteiger partial charge in [0, 0.05) is 39.7 Å². The van der Waals surface area contributed by atoms with Gasteiger partial charge in [-0.05, 0) is 132 Å². The third-order valence-electron chi connectivity index (χ3n) is 14.0. The maximum atomic E-state index is 6.93. The predicted molar refractivity (Wildman–Crippen MR) is 183 cm³/mol. The molecular weight excluding hydrogens is 546 g/mol. The molecule has 0 N–H and O–H groups in total. The number of ether oxygens (including phenoxy) is 1. The molecule has 6 aliphatic rings. The number of rotatable bonds is 3. The van der Waals surface area contributed by atoms with Gasteiger partial charge in [0.25, 0.3) is 0 Å². The monoisotopic (exact) mass is 591 g/mol. The van der Waals surface area contributed by atoms with Crippen LogP contribution in [0.15, 0.2) is 91.0 Å². The highest BCUT2D eigenvalue weighted by atomic mass is 16.5. The Hall–Kier alpha value is -3.52. The largest absolute Gasteiger partial charge is 0.457 e. The van der Waals surface area contributed by atoms with Crippen LogP contribution in [-0.4, -0.2) is 0 Å². The third kappa shape index (κ3) is 3.31. The van der Waals surface area contributed by atoms with Gasteiger partial charge in [-0.15, -0.1) is 0 Å². The molecule has 0 aromatic heterocycles. The van der Waals surface area contributed by atoms with Crippen molar-refractivity contribution in [3.05, 3.63) is 113 Å².